The minimum Gasteiger partial charge on any atom is -0.480 e. The summed E-state index contributed by atoms with van der Waals surface area (Å²) in [5, 5.41) is 33.2. The van der Waals surface area contributed by atoms with Gasteiger partial charge < -0.3 is 29.9 Å². The molecular formula is C62H62Cl2N4O8. The Morgan fingerprint density at radius 2 is 0.882 bits per heavy atom. The average Bonchev–Trinajstić information content (AvgIpc) is 3.59. The highest BCUT2D eigenvalue weighted by molar-refractivity contribution is 6.30. The Morgan fingerprint density at radius 1 is 0.526 bits per heavy atom. The van der Waals surface area contributed by atoms with E-state index in [1.807, 2.05) is 127 Å². The number of ether oxygens (including phenoxy) is 1. The van der Waals surface area contributed by atoms with Crippen LogP contribution in [0, 0.1) is 0 Å². The number of carboxylic acid groups (broad SMARTS) is 1. The minimum atomic E-state index is -1.06. The van der Waals surface area contributed by atoms with E-state index in [4.69, 9.17) is 27.9 Å². The number of hydrogen-bond donors (Lipinski definition) is 3. The van der Waals surface area contributed by atoms with Crippen molar-refractivity contribution >= 4 is 69.5 Å². The molecule has 0 aromatic heterocycles. The topological polar surface area (TPSA) is 151 Å². The minimum absolute atomic E-state index is 0.143. The number of anilines is 2. The predicted molar refractivity (Wildman–Crippen MR) is 299 cm³/mol. The first-order valence-electron chi connectivity index (χ1n) is 26.0. The maximum absolute atomic E-state index is 13.7. The van der Waals surface area contributed by atoms with Gasteiger partial charge in [-0.2, -0.15) is 0 Å². The Hall–Kier alpha value is -6.90. The molecule has 0 spiro atoms. The maximum atomic E-state index is 13.7. The molecule has 4 aliphatic heterocycles. The molecule has 0 radical (unpaired) electrons. The molecule has 392 valence electrons. The summed E-state index contributed by atoms with van der Waals surface area (Å²) in [7, 11) is 0. The van der Waals surface area contributed by atoms with E-state index < -0.39 is 29.7 Å². The van der Waals surface area contributed by atoms with Gasteiger partial charge in [-0.05, 0) is 127 Å². The van der Waals surface area contributed by atoms with Crippen LogP contribution in [-0.4, -0.2) is 108 Å². The fraction of sp³-hybridized carbons (Fsp3) is 0.290. The van der Waals surface area contributed by atoms with Crippen molar-refractivity contribution in [2.45, 2.75) is 56.7 Å². The Bertz CT molecular complexity index is 3140. The number of hydrogen-bond acceptors (Lipinski definition) is 9. The van der Waals surface area contributed by atoms with Gasteiger partial charge in [0.25, 0.3) is 11.8 Å². The van der Waals surface area contributed by atoms with Gasteiger partial charge >= 0.3 is 11.9 Å². The first-order valence-corrected chi connectivity index (χ1v) is 26.7. The quantitative estimate of drug-likeness (QED) is 0.0954. The van der Waals surface area contributed by atoms with Gasteiger partial charge in [0.15, 0.2) is 0 Å². The molecule has 2 fully saturated rings. The number of nitrogens with zero attached hydrogens (tertiary/aromatic N) is 4. The van der Waals surface area contributed by atoms with Crippen LogP contribution >= 0.6 is 23.2 Å². The predicted octanol–water partition coefficient (Wildman–Crippen LogP) is 10.9. The van der Waals surface area contributed by atoms with Crippen LogP contribution in [-0.2, 0) is 25.5 Å². The number of carbonyl (C=O) groups is 4. The van der Waals surface area contributed by atoms with E-state index in [0.717, 1.165) is 96.6 Å². The molecule has 2 amide bonds. The third-order valence-corrected chi connectivity index (χ3v) is 15.5. The zero-order valence-corrected chi connectivity index (χ0v) is 44.1. The lowest BCUT2D eigenvalue weighted by Gasteiger charge is -2.38. The number of aliphatic carboxylic acids is 1. The fourth-order valence-corrected chi connectivity index (χ4v) is 11.1. The molecule has 0 saturated carbocycles. The number of halogens is 2. The number of aliphatic hydroxyl groups is 2. The second-order valence-electron chi connectivity index (χ2n) is 19.7. The van der Waals surface area contributed by atoms with Crippen LogP contribution < -0.4 is 9.80 Å². The molecule has 3 N–H and O–H groups in total. The van der Waals surface area contributed by atoms with Crippen molar-refractivity contribution < 1.29 is 39.2 Å². The van der Waals surface area contributed by atoms with Gasteiger partial charge in [0.2, 0.25) is 0 Å². The van der Waals surface area contributed by atoms with E-state index in [2.05, 4.69) is 22.0 Å². The summed E-state index contributed by atoms with van der Waals surface area (Å²) >= 11 is 12.0. The van der Waals surface area contributed by atoms with E-state index >= 15 is 0 Å². The van der Waals surface area contributed by atoms with E-state index in [9.17, 15) is 34.5 Å². The summed E-state index contributed by atoms with van der Waals surface area (Å²) in [6.45, 7) is 6.27. The van der Waals surface area contributed by atoms with Gasteiger partial charge in [0.1, 0.15) is 13.1 Å². The van der Waals surface area contributed by atoms with Gasteiger partial charge in [-0.15, -0.1) is 0 Å². The van der Waals surface area contributed by atoms with Crippen LogP contribution in [0.3, 0.4) is 0 Å². The monoisotopic (exact) mass is 1060 g/mol. The molecule has 12 nitrogen and oxygen atoms in total. The van der Waals surface area contributed by atoms with Crippen LogP contribution in [0.4, 0.5) is 11.4 Å². The van der Waals surface area contributed by atoms with Gasteiger partial charge in [-0.1, -0.05) is 132 Å². The van der Waals surface area contributed by atoms with Crippen molar-refractivity contribution in [1.29, 1.82) is 0 Å². The molecular weight excluding hydrogens is 1000 g/mol. The molecule has 6 aromatic carbocycles. The summed E-state index contributed by atoms with van der Waals surface area (Å²) in [5.41, 5.74) is 7.85. The molecule has 0 atom stereocenters. The number of fused-ring (bicyclic) bond motifs is 4. The van der Waals surface area contributed by atoms with E-state index in [0.29, 0.717) is 58.2 Å². The third-order valence-electron chi connectivity index (χ3n) is 15.0. The summed E-state index contributed by atoms with van der Waals surface area (Å²) < 4.78 is 5.17. The Balaban J connectivity index is 0.000000186. The van der Waals surface area contributed by atoms with Gasteiger partial charge in [-0.3, -0.25) is 29.0 Å². The number of carbonyl (C=O) groups excluding carboxylic acids is 3. The number of para-hydroxylation sites is 2. The third kappa shape index (κ3) is 12.0. The first kappa shape index (κ1) is 53.9. The maximum Gasteiger partial charge on any atom is 0.326 e. The molecule has 0 unspecified atom stereocenters. The number of piperidine rings is 2. The van der Waals surface area contributed by atoms with Crippen molar-refractivity contribution in [2.24, 2.45) is 0 Å². The summed E-state index contributed by atoms with van der Waals surface area (Å²) in [5.74, 6) is -2.02. The van der Waals surface area contributed by atoms with E-state index in [1.54, 1.807) is 25.1 Å². The Labute approximate surface area is 454 Å². The van der Waals surface area contributed by atoms with Crippen LogP contribution in [0.5, 0.6) is 0 Å². The van der Waals surface area contributed by atoms with Crippen molar-refractivity contribution in [1.82, 2.24) is 9.80 Å². The van der Waals surface area contributed by atoms with Crippen molar-refractivity contribution in [3.05, 3.63) is 212 Å². The lowest BCUT2D eigenvalue weighted by molar-refractivity contribution is -0.141. The van der Waals surface area contributed by atoms with Crippen molar-refractivity contribution in [2.75, 3.05) is 68.8 Å². The van der Waals surface area contributed by atoms with E-state index in [-0.39, 0.29) is 25.0 Å². The number of carboxylic acids is 1. The molecule has 0 bridgehead atoms. The van der Waals surface area contributed by atoms with Crippen molar-refractivity contribution in [3.63, 3.8) is 0 Å². The number of benzene rings is 6. The largest absolute Gasteiger partial charge is 0.480 e. The molecule has 4 heterocycles. The number of amides is 2. The molecule has 76 heavy (non-hydrogen) atoms. The molecule has 4 aliphatic rings. The first-order chi connectivity index (χ1) is 36.7. The fourth-order valence-electron chi connectivity index (χ4n) is 10.9. The average molecular weight is 1060 g/mol. The number of esters is 1. The molecule has 14 heteroatoms. The highest BCUT2D eigenvalue weighted by Crippen LogP contribution is 2.41. The standard InChI is InChI=1S/C32H33ClN2O4.C30H29ClN2O4/c1-2-39-30(36)22-35-29-12-6-5-9-27(29)25(26-8-3-4-10-28(26)31(35)37)11-7-19-34-20-17-32(38,18-21-34)23-13-15-24(33)16-14-23;31-22-13-11-21(12-14-22)30(37)15-18-32(19-16-30)17-5-9-23-24-6-1-2-8-26(24)29(36)33(20-28(34)35)27-10-4-3-7-25(23)27/h3-6,8-16,38H,2,7,17-22H2,1H3;1-4,6-14,37H,5,15-20H2,(H,34,35). The van der Waals surface area contributed by atoms with Crippen molar-refractivity contribution in [3.8, 4) is 0 Å². The van der Waals surface area contributed by atoms with E-state index in [1.165, 1.54) is 9.80 Å². The smallest absolute Gasteiger partial charge is 0.326 e. The number of rotatable bonds is 13. The highest BCUT2D eigenvalue weighted by atomic mass is 35.5. The van der Waals surface area contributed by atoms with Gasteiger partial charge in [0, 0.05) is 71.6 Å². The van der Waals surface area contributed by atoms with Gasteiger partial charge in [0.05, 0.1) is 29.2 Å². The molecule has 10 rings (SSSR count). The Kier molecular flexibility index (Phi) is 17.0. The summed E-state index contributed by atoms with van der Waals surface area (Å²) in [4.78, 5) is 58.6. The van der Waals surface area contributed by atoms with Crippen LogP contribution in [0.2, 0.25) is 10.0 Å². The normalized spacial score (nSPS) is 18.1. The second-order valence-corrected chi connectivity index (χ2v) is 20.6. The SMILES string of the molecule is CCOC(=O)CN1C(=O)c2ccccc2C(=CCCN2CCC(O)(c3ccc(Cl)cc3)CC2)c2ccccc21.O=C(O)CN1C(=O)c2ccccc2C(=CCCN2CCC(O)(c3ccc(Cl)cc3)CC2)c2ccccc21. The second kappa shape index (κ2) is 24.0. The summed E-state index contributed by atoms with van der Waals surface area (Å²) in [6.07, 6.45) is 8.50. The molecule has 2 saturated heterocycles. The zero-order valence-electron chi connectivity index (χ0n) is 42.5. The number of likely N-dealkylation sites (tertiary alicyclic amines) is 2. The van der Waals surface area contributed by atoms with Crippen LogP contribution in [0.1, 0.15) is 99.5 Å². The van der Waals surface area contributed by atoms with Gasteiger partial charge in [-0.25, -0.2) is 0 Å². The highest BCUT2D eigenvalue weighted by Gasteiger charge is 2.36. The molecule has 0 aliphatic carbocycles. The lowest BCUT2D eigenvalue weighted by Crippen LogP contribution is -2.42. The zero-order chi connectivity index (χ0) is 53.4. The Morgan fingerprint density at radius 3 is 1.26 bits per heavy atom. The molecule has 6 aromatic rings. The summed E-state index contributed by atoms with van der Waals surface area (Å²) in [6, 6.07) is 45.1. The van der Waals surface area contributed by atoms with Crippen LogP contribution in [0.15, 0.2) is 158 Å². The lowest BCUT2D eigenvalue weighted by atomic mass is 9.84. The van der Waals surface area contributed by atoms with Crippen LogP contribution in [0.25, 0.3) is 11.1 Å².